The number of nitrogens with zero attached hydrogens (tertiary/aromatic N) is 1. The first kappa shape index (κ1) is 7.33. The molecule has 1 aliphatic heterocycles. The van der Waals surface area contributed by atoms with Gasteiger partial charge in [-0.25, -0.2) is 0 Å². The molecule has 2 rings (SSSR count). The van der Waals surface area contributed by atoms with Crippen molar-refractivity contribution in [3.8, 4) is 0 Å². The summed E-state index contributed by atoms with van der Waals surface area (Å²) in [5, 5.41) is 0. The Labute approximate surface area is 68.9 Å². The molecule has 0 saturated heterocycles. The lowest BCUT2D eigenvalue weighted by Crippen LogP contribution is -2.27. The van der Waals surface area contributed by atoms with Crippen molar-refractivity contribution in [2.75, 3.05) is 6.54 Å². The van der Waals surface area contributed by atoms with Gasteiger partial charge in [0.25, 0.3) is 0 Å². The molecule has 1 aliphatic carbocycles. The van der Waals surface area contributed by atoms with Gasteiger partial charge in [0, 0.05) is 12.3 Å². The third-order valence-electron chi connectivity index (χ3n) is 3.22. The maximum Gasteiger partial charge on any atom is 0.0419 e. The van der Waals surface area contributed by atoms with Crippen LogP contribution in [0.3, 0.4) is 0 Å². The first-order valence-corrected chi connectivity index (χ1v) is 4.86. The molecule has 0 aromatic carbocycles. The van der Waals surface area contributed by atoms with Crippen molar-refractivity contribution in [1.82, 2.24) is 0 Å². The molecule has 1 heteroatoms. The molecular weight excluding hydrogens is 134 g/mol. The average molecular weight is 151 g/mol. The molecule has 1 fully saturated rings. The Bertz CT molecular complexity index is 172. The van der Waals surface area contributed by atoms with Gasteiger partial charge in [-0.05, 0) is 38.0 Å². The van der Waals surface area contributed by atoms with Crippen LogP contribution in [0.2, 0.25) is 0 Å². The van der Waals surface area contributed by atoms with E-state index in [9.17, 15) is 0 Å². The molecule has 0 unspecified atom stereocenters. The van der Waals surface area contributed by atoms with Crippen LogP contribution in [0.5, 0.6) is 0 Å². The van der Waals surface area contributed by atoms with Gasteiger partial charge in [0.2, 0.25) is 0 Å². The van der Waals surface area contributed by atoms with Crippen molar-refractivity contribution >= 4 is 5.71 Å². The lowest BCUT2D eigenvalue weighted by Gasteiger charge is -2.33. The quantitative estimate of drug-likeness (QED) is 0.504. The molecule has 11 heavy (non-hydrogen) atoms. The van der Waals surface area contributed by atoms with Crippen molar-refractivity contribution in [2.24, 2.45) is 16.8 Å². The predicted molar refractivity (Wildman–Crippen MR) is 48.0 cm³/mol. The van der Waals surface area contributed by atoms with Gasteiger partial charge >= 0.3 is 0 Å². The number of aliphatic imine (C=N–C) groups is 1. The van der Waals surface area contributed by atoms with E-state index in [-0.39, 0.29) is 0 Å². The van der Waals surface area contributed by atoms with Crippen molar-refractivity contribution in [3.05, 3.63) is 0 Å². The minimum absolute atomic E-state index is 0.951. The zero-order valence-electron chi connectivity index (χ0n) is 7.34. The lowest BCUT2D eigenvalue weighted by atomic mass is 9.75. The highest BCUT2D eigenvalue weighted by Gasteiger charge is 2.27. The molecule has 0 spiro atoms. The summed E-state index contributed by atoms with van der Waals surface area (Å²) < 4.78 is 0. The Balaban J connectivity index is 2.04. The van der Waals surface area contributed by atoms with E-state index < -0.39 is 0 Å². The second-order valence-corrected chi connectivity index (χ2v) is 4.08. The summed E-state index contributed by atoms with van der Waals surface area (Å²) in [5.74, 6) is 1.95. The van der Waals surface area contributed by atoms with Crippen LogP contribution < -0.4 is 0 Å². The number of hydrogen-bond donors (Lipinski definition) is 0. The van der Waals surface area contributed by atoms with Crippen molar-refractivity contribution in [2.45, 2.75) is 39.0 Å². The maximum atomic E-state index is 4.53. The maximum absolute atomic E-state index is 4.53. The largest absolute Gasteiger partial charge is 0.294 e. The zero-order valence-corrected chi connectivity index (χ0v) is 7.34. The molecular formula is C10H17N. The van der Waals surface area contributed by atoms with Gasteiger partial charge in [-0.15, -0.1) is 0 Å². The molecule has 2 atom stereocenters. The Morgan fingerprint density at radius 2 is 1.91 bits per heavy atom. The second-order valence-electron chi connectivity index (χ2n) is 4.08. The van der Waals surface area contributed by atoms with E-state index in [4.69, 9.17) is 0 Å². The van der Waals surface area contributed by atoms with Gasteiger partial charge in [-0.1, -0.05) is 12.8 Å². The average Bonchev–Trinajstić information content (AvgIpc) is 2.04. The summed E-state index contributed by atoms with van der Waals surface area (Å²) in [5.41, 5.74) is 1.40. The highest BCUT2D eigenvalue weighted by atomic mass is 14.8. The Hall–Kier alpha value is -0.330. The molecule has 0 N–H and O–H groups in total. The van der Waals surface area contributed by atoms with E-state index in [1.54, 1.807) is 0 Å². The van der Waals surface area contributed by atoms with E-state index in [0.29, 0.717) is 0 Å². The van der Waals surface area contributed by atoms with E-state index in [0.717, 1.165) is 18.4 Å². The van der Waals surface area contributed by atoms with Crippen LogP contribution in [0.1, 0.15) is 39.0 Å². The number of hydrogen-bond acceptors (Lipinski definition) is 1. The Morgan fingerprint density at radius 3 is 2.73 bits per heavy atom. The molecule has 1 heterocycles. The summed E-state index contributed by atoms with van der Waals surface area (Å²) in [6.07, 6.45) is 7.13. The molecule has 0 aromatic heterocycles. The van der Waals surface area contributed by atoms with Gasteiger partial charge in [0.05, 0.1) is 0 Å². The summed E-state index contributed by atoms with van der Waals surface area (Å²) in [6.45, 7) is 3.32. The first-order chi connectivity index (χ1) is 5.36. The van der Waals surface area contributed by atoms with Crippen LogP contribution in [0.25, 0.3) is 0 Å². The minimum Gasteiger partial charge on any atom is -0.294 e. The molecule has 2 aliphatic rings. The Morgan fingerprint density at radius 1 is 1.18 bits per heavy atom. The van der Waals surface area contributed by atoms with E-state index in [1.807, 2.05) is 0 Å². The number of rotatable bonds is 0. The van der Waals surface area contributed by atoms with Crippen LogP contribution in [0, 0.1) is 11.8 Å². The fraction of sp³-hybridized carbons (Fsp3) is 0.900. The summed E-state index contributed by atoms with van der Waals surface area (Å²) in [4.78, 5) is 4.53. The fourth-order valence-electron chi connectivity index (χ4n) is 2.51. The van der Waals surface area contributed by atoms with Crippen molar-refractivity contribution in [3.63, 3.8) is 0 Å². The van der Waals surface area contributed by atoms with Crippen molar-refractivity contribution < 1.29 is 0 Å². The van der Waals surface area contributed by atoms with Gasteiger partial charge in [-0.2, -0.15) is 0 Å². The Kier molecular flexibility index (Phi) is 1.97. The van der Waals surface area contributed by atoms with Crippen LogP contribution in [0.4, 0.5) is 0 Å². The van der Waals surface area contributed by atoms with E-state index in [1.165, 1.54) is 37.8 Å². The first-order valence-electron chi connectivity index (χ1n) is 4.86. The minimum atomic E-state index is 0.951. The highest BCUT2D eigenvalue weighted by Crippen LogP contribution is 2.35. The third kappa shape index (κ3) is 1.47. The van der Waals surface area contributed by atoms with Crippen LogP contribution in [0.15, 0.2) is 4.99 Å². The molecule has 62 valence electrons. The molecule has 0 radical (unpaired) electrons. The number of fused-ring (bicyclic) bond motifs is 1. The smallest absolute Gasteiger partial charge is 0.0419 e. The van der Waals surface area contributed by atoms with Crippen LogP contribution in [-0.4, -0.2) is 12.3 Å². The molecule has 0 amide bonds. The van der Waals surface area contributed by atoms with Crippen LogP contribution in [-0.2, 0) is 0 Å². The summed E-state index contributed by atoms with van der Waals surface area (Å²) in [6, 6.07) is 0. The van der Waals surface area contributed by atoms with Crippen LogP contribution >= 0.6 is 0 Å². The molecule has 0 aromatic rings. The molecule has 0 bridgehead atoms. The summed E-state index contributed by atoms with van der Waals surface area (Å²) >= 11 is 0. The van der Waals surface area contributed by atoms with E-state index >= 15 is 0 Å². The van der Waals surface area contributed by atoms with Crippen molar-refractivity contribution in [1.29, 1.82) is 0 Å². The highest BCUT2D eigenvalue weighted by molar-refractivity contribution is 5.82. The normalized spacial score (nSPS) is 37.7. The zero-order chi connectivity index (χ0) is 7.68. The fourth-order valence-corrected chi connectivity index (χ4v) is 2.51. The third-order valence-corrected chi connectivity index (χ3v) is 3.22. The van der Waals surface area contributed by atoms with Gasteiger partial charge < -0.3 is 0 Å². The molecule has 1 nitrogen and oxygen atoms in total. The van der Waals surface area contributed by atoms with E-state index in [2.05, 4.69) is 11.9 Å². The summed E-state index contributed by atoms with van der Waals surface area (Å²) in [7, 11) is 0. The molecule has 1 saturated carbocycles. The van der Waals surface area contributed by atoms with Gasteiger partial charge in [0.1, 0.15) is 0 Å². The SMILES string of the molecule is CC1=NC[C@H]2CCCC[C@H]2C1. The standard InChI is InChI=1S/C10H17N/c1-8-6-9-4-2-3-5-10(9)7-11-8/h9-10H,2-7H2,1H3/t9-,10+/m0/s1. The van der Waals surface area contributed by atoms with Gasteiger partial charge in [-0.3, -0.25) is 4.99 Å². The van der Waals surface area contributed by atoms with Gasteiger partial charge in [0.15, 0.2) is 0 Å². The second kappa shape index (κ2) is 2.96. The predicted octanol–water partition coefficient (Wildman–Crippen LogP) is 2.66. The lowest BCUT2D eigenvalue weighted by molar-refractivity contribution is 0.241. The monoisotopic (exact) mass is 151 g/mol. The topological polar surface area (TPSA) is 12.4 Å².